The van der Waals surface area contributed by atoms with Gasteiger partial charge in [-0.3, -0.25) is 0 Å². The van der Waals surface area contributed by atoms with E-state index in [1.807, 2.05) is 37.3 Å². The zero-order valence-corrected chi connectivity index (χ0v) is 13.3. The molecule has 0 amide bonds. The van der Waals surface area contributed by atoms with Crippen LogP contribution >= 0.6 is 34.8 Å². The van der Waals surface area contributed by atoms with Crippen molar-refractivity contribution >= 4 is 34.8 Å². The van der Waals surface area contributed by atoms with E-state index in [1.54, 1.807) is 16.8 Å². The minimum atomic E-state index is 0.273. The van der Waals surface area contributed by atoms with Gasteiger partial charge in [-0.15, -0.1) is 5.10 Å². The summed E-state index contributed by atoms with van der Waals surface area (Å²) in [6.45, 7) is 1.94. The molecule has 21 heavy (non-hydrogen) atoms. The van der Waals surface area contributed by atoms with E-state index >= 15 is 0 Å². The first-order chi connectivity index (χ1) is 10.1. The van der Waals surface area contributed by atoms with Gasteiger partial charge in [0.15, 0.2) is 5.82 Å². The highest BCUT2D eigenvalue weighted by Gasteiger charge is 2.14. The lowest BCUT2D eigenvalue weighted by Gasteiger charge is -2.06. The van der Waals surface area contributed by atoms with Gasteiger partial charge in [-0.1, -0.05) is 35.3 Å². The summed E-state index contributed by atoms with van der Waals surface area (Å²) in [5.74, 6) is 0.486. The van der Waals surface area contributed by atoms with Gasteiger partial charge in [-0.25, -0.2) is 4.68 Å². The Morgan fingerprint density at radius 3 is 2.48 bits per heavy atom. The molecule has 3 nitrogen and oxygen atoms in total. The van der Waals surface area contributed by atoms with Crippen molar-refractivity contribution in [1.29, 1.82) is 0 Å². The highest BCUT2D eigenvalue weighted by molar-refractivity contribution is 6.33. The number of rotatable bonds is 2. The molecule has 3 aromatic rings. The number of halogens is 3. The van der Waals surface area contributed by atoms with Gasteiger partial charge in [-0.2, -0.15) is 4.98 Å². The van der Waals surface area contributed by atoms with E-state index in [0.717, 1.165) is 16.8 Å². The number of nitrogens with zero attached hydrogens (tertiary/aromatic N) is 3. The Bertz CT molecular complexity index is 812. The normalized spacial score (nSPS) is 10.9. The summed E-state index contributed by atoms with van der Waals surface area (Å²) in [6.07, 6.45) is 0. The summed E-state index contributed by atoms with van der Waals surface area (Å²) in [7, 11) is 0. The average molecular weight is 339 g/mol. The molecule has 0 spiro atoms. The van der Waals surface area contributed by atoms with Crippen LogP contribution in [0.2, 0.25) is 15.3 Å². The zero-order chi connectivity index (χ0) is 15.0. The van der Waals surface area contributed by atoms with Gasteiger partial charge in [0.1, 0.15) is 0 Å². The second kappa shape index (κ2) is 5.68. The van der Waals surface area contributed by atoms with Crippen molar-refractivity contribution in [1.82, 2.24) is 14.8 Å². The summed E-state index contributed by atoms with van der Waals surface area (Å²) in [4.78, 5) is 4.28. The second-order valence-corrected chi connectivity index (χ2v) is 5.71. The minimum absolute atomic E-state index is 0.273. The number of hydrogen-bond acceptors (Lipinski definition) is 2. The smallest absolute Gasteiger partial charge is 0.203 e. The van der Waals surface area contributed by atoms with Crippen molar-refractivity contribution in [3.05, 3.63) is 63.4 Å². The SMILES string of the molecule is Cc1cc(Cl)ccc1-n1nc(-c2ccccc2Cl)nc1Cl. The fraction of sp³-hybridized carbons (Fsp3) is 0.0667. The van der Waals surface area contributed by atoms with Crippen LogP contribution in [0.5, 0.6) is 0 Å². The molecule has 0 unspecified atom stereocenters. The largest absolute Gasteiger partial charge is 0.226 e. The Labute approximate surface area is 137 Å². The van der Waals surface area contributed by atoms with Gasteiger partial charge >= 0.3 is 0 Å². The van der Waals surface area contributed by atoms with E-state index in [2.05, 4.69) is 10.1 Å². The van der Waals surface area contributed by atoms with Crippen molar-refractivity contribution in [3.8, 4) is 17.1 Å². The fourth-order valence-electron chi connectivity index (χ4n) is 2.06. The van der Waals surface area contributed by atoms with Crippen LogP contribution in [0.15, 0.2) is 42.5 Å². The number of hydrogen-bond donors (Lipinski definition) is 0. The van der Waals surface area contributed by atoms with Crippen LogP contribution in [0.25, 0.3) is 17.1 Å². The van der Waals surface area contributed by atoms with Crippen LogP contribution in [0.4, 0.5) is 0 Å². The summed E-state index contributed by atoms with van der Waals surface area (Å²) in [6, 6.07) is 12.9. The van der Waals surface area contributed by atoms with Crippen LogP contribution in [0, 0.1) is 6.92 Å². The second-order valence-electron chi connectivity index (χ2n) is 4.53. The molecule has 1 aromatic heterocycles. The molecule has 0 N–H and O–H groups in total. The molecule has 1 heterocycles. The van der Waals surface area contributed by atoms with E-state index in [4.69, 9.17) is 34.8 Å². The highest BCUT2D eigenvalue weighted by atomic mass is 35.5. The Morgan fingerprint density at radius 1 is 1.00 bits per heavy atom. The molecule has 0 fully saturated rings. The topological polar surface area (TPSA) is 30.7 Å². The molecule has 3 rings (SSSR count). The summed E-state index contributed by atoms with van der Waals surface area (Å²) in [5.41, 5.74) is 2.53. The third-order valence-electron chi connectivity index (χ3n) is 3.07. The van der Waals surface area contributed by atoms with E-state index < -0.39 is 0 Å². The van der Waals surface area contributed by atoms with E-state index in [9.17, 15) is 0 Å². The molecule has 0 atom stereocenters. The third-order valence-corrected chi connectivity index (χ3v) is 3.88. The number of benzene rings is 2. The van der Waals surface area contributed by atoms with Crippen LogP contribution in [0.3, 0.4) is 0 Å². The van der Waals surface area contributed by atoms with Crippen molar-refractivity contribution in [2.45, 2.75) is 6.92 Å². The zero-order valence-electron chi connectivity index (χ0n) is 11.0. The molecule has 0 radical (unpaired) electrons. The maximum Gasteiger partial charge on any atom is 0.226 e. The Balaban J connectivity index is 2.12. The van der Waals surface area contributed by atoms with Gasteiger partial charge in [0.25, 0.3) is 0 Å². The molecule has 6 heteroatoms. The minimum Gasteiger partial charge on any atom is -0.203 e. The molecule has 2 aromatic carbocycles. The summed E-state index contributed by atoms with van der Waals surface area (Å²) >= 11 is 18.3. The molecule has 0 aliphatic rings. The lowest BCUT2D eigenvalue weighted by Crippen LogP contribution is -1.99. The Hall–Kier alpha value is -1.55. The maximum atomic E-state index is 6.21. The Kier molecular flexibility index (Phi) is 3.89. The molecular formula is C15H10Cl3N3. The number of aromatic nitrogens is 3. The molecular weight excluding hydrogens is 329 g/mol. The van der Waals surface area contributed by atoms with Crippen molar-refractivity contribution in [2.24, 2.45) is 0 Å². The van der Waals surface area contributed by atoms with Crippen LogP contribution in [-0.2, 0) is 0 Å². The fourth-order valence-corrected chi connectivity index (χ4v) is 2.72. The lowest BCUT2D eigenvalue weighted by atomic mass is 10.2. The molecule has 0 bridgehead atoms. The van der Waals surface area contributed by atoms with Crippen molar-refractivity contribution in [3.63, 3.8) is 0 Å². The summed E-state index contributed by atoms with van der Waals surface area (Å²) in [5, 5.41) is 5.97. The Morgan fingerprint density at radius 2 is 1.76 bits per heavy atom. The van der Waals surface area contributed by atoms with Crippen molar-refractivity contribution < 1.29 is 0 Å². The third kappa shape index (κ3) is 2.77. The quantitative estimate of drug-likeness (QED) is 0.642. The van der Waals surface area contributed by atoms with Crippen LogP contribution < -0.4 is 0 Å². The molecule has 0 saturated carbocycles. The maximum absolute atomic E-state index is 6.21. The molecule has 0 aliphatic carbocycles. The first-order valence-electron chi connectivity index (χ1n) is 6.20. The predicted molar refractivity (Wildman–Crippen MR) is 86.6 cm³/mol. The number of aryl methyl sites for hydroxylation is 1. The average Bonchev–Trinajstić information content (AvgIpc) is 2.81. The monoisotopic (exact) mass is 337 g/mol. The first kappa shape index (κ1) is 14.4. The lowest BCUT2D eigenvalue weighted by molar-refractivity contribution is 0.875. The summed E-state index contributed by atoms with van der Waals surface area (Å²) < 4.78 is 1.58. The molecule has 106 valence electrons. The van der Waals surface area contributed by atoms with Gasteiger partial charge < -0.3 is 0 Å². The molecule has 0 aliphatic heterocycles. The van der Waals surface area contributed by atoms with Crippen LogP contribution in [-0.4, -0.2) is 14.8 Å². The first-order valence-corrected chi connectivity index (χ1v) is 7.33. The van der Waals surface area contributed by atoms with E-state index in [1.165, 1.54) is 0 Å². The molecule has 0 saturated heterocycles. The van der Waals surface area contributed by atoms with Crippen LogP contribution in [0.1, 0.15) is 5.56 Å². The predicted octanol–water partition coefficient (Wildman–Crippen LogP) is 5.20. The standard InChI is InChI=1S/C15H10Cl3N3/c1-9-8-10(16)6-7-13(9)21-15(18)19-14(20-21)11-4-2-3-5-12(11)17/h2-8H,1H3. The van der Waals surface area contributed by atoms with E-state index in [0.29, 0.717) is 15.9 Å². The van der Waals surface area contributed by atoms with Gasteiger partial charge in [-0.05, 0) is 54.4 Å². The van der Waals surface area contributed by atoms with Gasteiger partial charge in [0.2, 0.25) is 5.28 Å². The highest BCUT2D eigenvalue weighted by Crippen LogP contribution is 2.28. The van der Waals surface area contributed by atoms with Gasteiger partial charge in [0.05, 0.1) is 10.7 Å². The van der Waals surface area contributed by atoms with Gasteiger partial charge in [0, 0.05) is 10.6 Å². The van der Waals surface area contributed by atoms with Crippen molar-refractivity contribution in [2.75, 3.05) is 0 Å². The van der Waals surface area contributed by atoms with E-state index in [-0.39, 0.29) is 5.28 Å².